The first-order valence-corrected chi connectivity index (χ1v) is 4.44. The van der Waals surface area contributed by atoms with Gasteiger partial charge in [0.05, 0.1) is 17.7 Å². The largest absolute Gasteiger partial charge is 0.508 e. The second-order valence-electron chi connectivity index (χ2n) is 2.85. The van der Waals surface area contributed by atoms with Crippen LogP contribution >= 0.6 is 11.6 Å². The lowest BCUT2D eigenvalue weighted by Gasteiger charge is -2.15. The van der Waals surface area contributed by atoms with Gasteiger partial charge in [-0.25, -0.2) is 4.39 Å². The molecule has 1 aromatic rings. The Morgan fingerprint density at radius 2 is 2.21 bits per heavy atom. The van der Waals surface area contributed by atoms with Crippen molar-refractivity contribution < 1.29 is 14.6 Å². The molecule has 0 aliphatic carbocycles. The lowest BCUT2D eigenvalue weighted by atomic mass is 10.1. The lowest BCUT2D eigenvalue weighted by Crippen LogP contribution is -2.20. The number of phenolic OH excluding ortho intramolecular Hbond substituents is 1. The van der Waals surface area contributed by atoms with Gasteiger partial charge < -0.3 is 15.5 Å². The van der Waals surface area contributed by atoms with E-state index in [0.29, 0.717) is 0 Å². The van der Waals surface area contributed by atoms with Crippen molar-refractivity contribution in [2.45, 2.75) is 6.04 Å². The average molecular weight is 220 g/mol. The number of nitrogens with one attached hydrogen (secondary N) is 1. The van der Waals surface area contributed by atoms with Crippen molar-refractivity contribution in [2.75, 3.05) is 13.7 Å². The molecule has 0 heterocycles. The molecular weight excluding hydrogens is 209 g/mol. The molecule has 78 valence electrons. The van der Waals surface area contributed by atoms with E-state index in [-0.39, 0.29) is 22.9 Å². The number of hydrogen-bond acceptors (Lipinski definition) is 3. The Hall–Kier alpha value is -0.840. The predicted molar refractivity (Wildman–Crippen MR) is 52.0 cm³/mol. The molecule has 0 saturated heterocycles. The zero-order valence-corrected chi connectivity index (χ0v) is 8.35. The maximum atomic E-state index is 13.0. The first-order valence-electron chi connectivity index (χ1n) is 4.06. The molecule has 1 atom stereocenters. The first-order chi connectivity index (χ1) is 6.60. The minimum absolute atomic E-state index is 0.134. The van der Waals surface area contributed by atoms with Gasteiger partial charge in [0.1, 0.15) is 11.6 Å². The average Bonchev–Trinajstić information content (AvgIpc) is 2.15. The number of phenols is 1. The van der Waals surface area contributed by atoms with E-state index >= 15 is 0 Å². The summed E-state index contributed by atoms with van der Waals surface area (Å²) in [6.07, 6.45) is 0. The van der Waals surface area contributed by atoms with Crippen molar-refractivity contribution >= 4 is 11.6 Å². The fraction of sp³-hybridized carbons (Fsp3) is 0.333. The topological polar surface area (TPSA) is 52.5 Å². The quantitative estimate of drug-likeness (QED) is 0.721. The van der Waals surface area contributed by atoms with Crippen molar-refractivity contribution in [3.05, 3.63) is 28.5 Å². The summed E-state index contributed by atoms with van der Waals surface area (Å²) in [6.45, 7) is -0.231. The van der Waals surface area contributed by atoms with E-state index in [0.717, 1.165) is 12.1 Å². The van der Waals surface area contributed by atoms with E-state index < -0.39 is 11.9 Å². The Balaban J connectivity index is 3.14. The molecule has 3 N–H and O–H groups in total. The van der Waals surface area contributed by atoms with E-state index in [2.05, 4.69) is 5.32 Å². The third-order valence-corrected chi connectivity index (χ3v) is 2.27. The highest BCUT2D eigenvalue weighted by molar-refractivity contribution is 6.30. The summed E-state index contributed by atoms with van der Waals surface area (Å²) in [5.74, 6) is -0.752. The monoisotopic (exact) mass is 219 g/mol. The van der Waals surface area contributed by atoms with Gasteiger partial charge in [0.15, 0.2) is 0 Å². The second-order valence-corrected chi connectivity index (χ2v) is 3.26. The van der Waals surface area contributed by atoms with Gasteiger partial charge in [0.2, 0.25) is 0 Å². The summed E-state index contributed by atoms with van der Waals surface area (Å²) in [5.41, 5.74) is 0.289. The fourth-order valence-corrected chi connectivity index (χ4v) is 1.33. The summed E-state index contributed by atoms with van der Waals surface area (Å²) >= 11 is 5.46. The molecule has 1 rings (SSSR count). The number of rotatable bonds is 3. The number of benzene rings is 1. The van der Waals surface area contributed by atoms with Gasteiger partial charge in [0.25, 0.3) is 0 Å². The van der Waals surface area contributed by atoms with Crippen LogP contribution in [-0.4, -0.2) is 23.9 Å². The number of hydrogen-bond donors (Lipinski definition) is 3. The number of aromatic hydroxyl groups is 1. The van der Waals surface area contributed by atoms with Gasteiger partial charge in [-0.3, -0.25) is 0 Å². The second kappa shape index (κ2) is 4.59. The van der Waals surface area contributed by atoms with E-state index in [1.807, 2.05) is 0 Å². The SMILES string of the molecule is CN[C@H](CO)c1cc(F)c(Cl)cc1O. The zero-order chi connectivity index (χ0) is 10.7. The van der Waals surface area contributed by atoms with Crippen LogP contribution in [0.25, 0.3) is 0 Å². The zero-order valence-electron chi connectivity index (χ0n) is 7.59. The van der Waals surface area contributed by atoms with Gasteiger partial charge in [-0.1, -0.05) is 11.6 Å². The number of halogens is 2. The van der Waals surface area contributed by atoms with E-state index in [1.165, 1.54) is 0 Å². The molecule has 1 aromatic carbocycles. The molecular formula is C9H11ClFNO2. The van der Waals surface area contributed by atoms with Crippen LogP contribution in [0.5, 0.6) is 5.75 Å². The third-order valence-electron chi connectivity index (χ3n) is 1.98. The van der Waals surface area contributed by atoms with Crippen LogP contribution in [0.15, 0.2) is 12.1 Å². The third kappa shape index (κ3) is 2.15. The van der Waals surface area contributed by atoms with Gasteiger partial charge in [-0.15, -0.1) is 0 Å². The van der Waals surface area contributed by atoms with Gasteiger partial charge in [-0.2, -0.15) is 0 Å². The molecule has 0 spiro atoms. The normalized spacial score (nSPS) is 12.9. The van der Waals surface area contributed by atoms with E-state index in [4.69, 9.17) is 16.7 Å². The molecule has 0 aromatic heterocycles. The minimum atomic E-state index is -0.617. The molecule has 0 aliphatic heterocycles. The maximum absolute atomic E-state index is 13.0. The highest BCUT2D eigenvalue weighted by Crippen LogP contribution is 2.29. The summed E-state index contributed by atoms with van der Waals surface area (Å²) in [6, 6.07) is 1.73. The smallest absolute Gasteiger partial charge is 0.142 e. The minimum Gasteiger partial charge on any atom is -0.508 e. The van der Waals surface area contributed by atoms with Gasteiger partial charge in [0, 0.05) is 11.6 Å². The predicted octanol–water partition coefficient (Wildman–Crippen LogP) is 1.44. The Labute approximate surface area is 86.1 Å². The Morgan fingerprint density at radius 1 is 1.57 bits per heavy atom. The van der Waals surface area contributed by atoms with Crippen LogP contribution < -0.4 is 5.32 Å². The van der Waals surface area contributed by atoms with Crippen molar-refractivity contribution in [3.63, 3.8) is 0 Å². The Morgan fingerprint density at radius 3 is 2.71 bits per heavy atom. The molecule has 5 heteroatoms. The fourth-order valence-electron chi connectivity index (χ4n) is 1.18. The molecule has 14 heavy (non-hydrogen) atoms. The summed E-state index contributed by atoms with van der Waals surface area (Å²) in [4.78, 5) is 0. The molecule has 0 radical (unpaired) electrons. The van der Waals surface area contributed by atoms with Crippen LogP contribution in [0.1, 0.15) is 11.6 Å². The molecule has 3 nitrogen and oxygen atoms in total. The van der Waals surface area contributed by atoms with Crippen molar-refractivity contribution in [2.24, 2.45) is 0 Å². The molecule has 0 aliphatic rings. The summed E-state index contributed by atoms with van der Waals surface area (Å²) in [5, 5.41) is 21.0. The van der Waals surface area contributed by atoms with Crippen LogP contribution in [0.4, 0.5) is 4.39 Å². The lowest BCUT2D eigenvalue weighted by molar-refractivity contribution is 0.248. The Kier molecular flexibility index (Phi) is 3.69. The first kappa shape index (κ1) is 11.2. The molecule has 0 bridgehead atoms. The molecule has 0 fully saturated rings. The number of aliphatic hydroxyl groups is 1. The van der Waals surface area contributed by atoms with Crippen molar-refractivity contribution in [1.82, 2.24) is 5.32 Å². The summed E-state index contributed by atoms with van der Waals surface area (Å²) in [7, 11) is 1.60. The van der Waals surface area contributed by atoms with Crippen LogP contribution in [-0.2, 0) is 0 Å². The molecule has 0 unspecified atom stereocenters. The van der Waals surface area contributed by atoms with E-state index in [1.54, 1.807) is 7.05 Å². The van der Waals surface area contributed by atoms with Crippen LogP contribution in [0.2, 0.25) is 5.02 Å². The van der Waals surface area contributed by atoms with Gasteiger partial charge >= 0.3 is 0 Å². The van der Waals surface area contributed by atoms with Gasteiger partial charge in [-0.05, 0) is 13.1 Å². The highest BCUT2D eigenvalue weighted by Gasteiger charge is 2.15. The Bertz CT molecular complexity index is 329. The molecule has 0 saturated carbocycles. The maximum Gasteiger partial charge on any atom is 0.142 e. The van der Waals surface area contributed by atoms with Crippen molar-refractivity contribution in [3.8, 4) is 5.75 Å². The number of likely N-dealkylation sites (N-methyl/N-ethyl adjacent to an activating group) is 1. The van der Waals surface area contributed by atoms with Crippen LogP contribution in [0, 0.1) is 5.82 Å². The summed E-state index contributed by atoms with van der Waals surface area (Å²) < 4.78 is 13.0. The van der Waals surface area contributed by atoms with Crippen molar-refractivity contribution in [1.29, 1.82) is 0 Å². The highest BCUT2D eigenvalue weighted by atomic mass is 35.5. The standard InChI is InChI=1S/C9H11ClFNO2/c1-12-8(4-13)5-2-7(11)6(10)3-9(5)14/h2-3,8,12-14H,4H2,1H3/t8-/m1/s1. The van der Waals surface area contributed by atoms with Crippen LogP contribution in [0.3, 0.4) is 0 Å². The van der Waals surface area contributed by atoms with E-state index in [9.17, 15) is 9.50 Å². The number of aliphatic hydroxyl groups excluding tert-OH is 1. The molecule has 0 amide bonds.